The summed E-state index contributed by atoms with van der Waals surface area (Å²) in [6, 6.07) is 7.45. The van der Waals surface area contributed by atoms with Crippen LogP contribution in [0.5, 0.6) is 5.19 Å². The maximum atomic E-state index is 11.8. The van der Waals surface area contributed by atoms with Crippen molar-refractivity contribution in [2.45, 2.75) is 18.2 Å². The minimum absolute atomic E-state index is 0.391. The van der Waals surface area contributed by atoms with Crippen molar-refractivity contribution in [3.8, 4) is 16.8 Å². The summed E-state index contributed by atoms with van der Waals surface area (Å²) in [4.78, 5) is 33.1. The molecule has 0 amide bonds. The highest BCUT2D eigenvalue weighted by Gasteiger charge is 2.49. The molecule has 12 nitrogen and oxygen atoms in total. The largest absolute Gasteiger partial charge is 0.470 e. The maximum absolute atomic E-state index is 11.8. The highest BCUT2D eigenvalue weighted by atomic mass is 32.3. The number of amidine groups is 1. The Balaban J connectivity index is 1.01. The summed E-state index contributed by atoms with van der Waals surface area (Å²) in [6.07, 6.45) is 0.859. The van der Waals surface area contributed by atoms with Crippen molar-refractivity contribution in [1.82, 2.24) is 25.0 Å². The molecule has 5 heterocycles. The van der Waals surface area contributed by atoms with Crippen LogP contribution in [-0.4, -0.2) is 82.1 Å². The average Bonchev–Trinajstić information content (AvgIpc) is 3.65. The van der Waals surface area contributed by atoms with Crippen molar-refractivity contribution in [3.63, 3.8) is 0 Å². The number of hydrogen-bond acceptors (Lipinski definition) is 13. The first-order valence-electron chi connectivity index (χ1n) is 11.4. The number of benzene rings is 1. The molecule has 0 N–H and O–H groups in total. The fourth-order valence-corrected chi connectivity index (χ4v) is 6.92. The van der Waals surface area contributed by atoms with Gasteiger partial charge in [0.15, 0.2) is 5.84 Å². The number of aryl methyl sites for hydroxylation is 1. The van der Waals surface area contributed by atoms with Gasteiger partial charge in [0.1, 0.15) is 10.6 Å². The molecular formula is C22H22N6O6S2. The van der Waals surface area contributed by atoms with E-state index in [4.69, 9.17) is 17.5 Å². The molecule has 2 aromatic heterocycles. The molecule has 0 unspecified atom stereocenters. The molecule has 3 aliphatic heterocycles. The van der Waals surface area contributed by atoms with Crippen molar-refractivity contribution in [3.05, 3.63) is 41.1 Å². The first-order valence-corrected chi connectivity index (χ1v) is 13.7. The van der Waals surface area contributed by atoms with E-state index < -0.39 is 22.7 Å². The van der Waals surface area contributed by atoms with E-state index in [0.717, 1.165) is 44.7 Å². The first kappa shape index (κ1) is 22.9. The van der Waals surface area contributed by atoms with Gasteiger partial charge in [-0.1, -0.05) is 23.5 Å². The number of carbonyl (C=O) groups excluding carboxylic acids is 2. The van der Waals surface area contributed by atoms with Crippen LogP contribution >= 0.6 is 22.1 Å². The van der Waals surface area contributed by atoms with Gasteiger partial charge in [0, 0.05) is 61.4 Å². The van der Waals surface area contributed by atoms with Gasteiger partial charge in [0.2, 0.25) is 5.89 Å². The molecule has 14 heteroatoms. The molecule has 2 saturated heterocycles. The Hall–Kier alpha value is -3.49. The van der Waals surface area contributed by atoms with Gasteiger partial charge in [-0.2, -0.15) is 4.98 Å². The van der Waals surface area contributed by atoms with E-state index in [1.807, 2.05) is 23.6 Å². The Kier molecular flexibility index (Phi) is 5.85. The summed E-state index contributed by atoms with van der Waals surface area (Å²) in [7, 11) is -2.76. The standard InChI is InChI=1S/C22H22N6O6S2/c1-14-24-25-19(32-14)16-13-35-22(23-16)31-12-4-7-27-8-10-28(11-9-27)18-15-5-2-3-6-17(15)36(26-18)33-20(29)21(30)34-36/h2-3,5-6,13H,4,7-12H2,1H3. The van der Waals surface area contributed by atoms with Crippen LogP contribution in [0, 0.1) is 6.92 Å². The second kappa shape index (κ2) is 9.19. The third-order valence-corrected chi connectivity index (χ3v) is 8.73. The first-order chi connectivity index (χ1) is 17.5. The number of fused-ring (bicyclic) bond motifs is 2. The van der Waals surface area contributed by atoms with Gasteiger partial charge < -0.3 is 22.4 Å². The highest BCUT2D eigenvalue weighted by Crippen LogP contribution is 2.66. The third-order valence-electron chi connectivity index (χ3n) is 5.90. The number of piperazine rings is 1. The molecule has 1 spiro atoms. The molecular weight excluding hydrogens is 508 g/mol. The van der Waals surface area contributed by atoms with E-state index in [9.17, 15) is 9.59 Å². The lowest BCUT2D eigenvalue weighted by atomic mass is 10.1. The third kappa shape index (κ3) is 4.20. The lowest BCUT2D eigenvalue weighted by Crippen LogP contribution is -2.49. The number of hydrogen-bond donors (Lipinski definition) is 0. The molecule has 0 aliphatic carbocycles. The number of aromatic nitrogens is 3. The Morgan fingerprint density at radius 2 is 1.86 bits per heavy atom. The molecule has 2 fully saturated rings. The minimum atomic E-state index is -2.76. The zero-order valence-electron chi connectivity index (χ0n) is 19.3. The molecule has 0 bridgehead atoms. The zero-order valence-corrected chi connectivity index (χ0v) is 20.9. The SMILES string of the molecule is Cc1nnc(-c2csc(OCCCN3CCN(C4=NS5(OC(=O)C(=O)O5)c5ccccc54)CC3)n2)o1. The Morgan fingerprint density at radius 1 is 1.08 bits per heavy atom. The summed E-state index contributed by atoms with van der Waals surface area (Å²) >= 11 is 1.40. The van der Waals surface area contributed by atoms with Gasteiger partial charge in [-0.25, -0.2) is 9.59 Å². The molecule has 188 valence electrons. The van der Waals surface area contributed by atoms with Crippen LogP contribution in [0.2, 0.25) is 0 Å². The molecule has 0 atom stereocenters. The van der Waals surface area contributed by atoms with Gasteiger partial charge in [-0.15, -0.1) is 14.6 Å². The van der Waals surface area contributed by atoms with E-state index in [0.29, 0.717) is 40.0 Å². The van der Waals surface area contributed by atoms with Gasteiger partial charge in [0.25, 0.3) is 11.1 Å². The van der Waals surface area contributed by atoms with E-state index in [1.54, 1.807) is 13.0 Å². The summed E-state index contributed by atoms with van der Waals surface area (Å²) in [5, 5.41) is 10.2. The van der Waals surface area contributed by atoms with E-state index >= 15 is 0 Å². The minimum Gasteiger partial charge on any atom is -0.470 e. The second-order valence-corrected chi connectivity index (χ2v) is 11.0. The maximum Gasteiger partial charge on any atom is 0.443 e. The topological polar surface area (TPSA) is 132 Å². The lowest BCUT2D eigenvalue weighted by molar-refractivity contribution is -0.150. The fourth-order valence-electron chi connectivity index (χ4n) is 4.19. The van der Waals surface area contributed by atoms with Crippen LogP contribution in [0.25, 0.3) is 11.6 Å². The quantitative estimate of drug-likeness (QED) is 0.344. The number of thiazole rings is 1. The van der Waals surface area contributed by atoms with Crippen LogP contribution in [0.3, 0.4) is 0 Å². The summed E-state index contributed by atoms with van der Waals surface area (Å²) in [5.74, 6) is -0.383. The van der Waals surface area contributed by atoms with Crippen molar-refractivity contribution < 1.29 is 27.1 Å². The molecule has 0 saturated carbocycles. The molecule has 6 rings (SSSR count). The van der Waals surface area contributed by atoms with Crippen molar-refractivity contribution in [2.75, 3.05) is 39.3 Å². The average molecular weight is 531 g/mol. The number of rotatable bonds is 6. The van der Waals surface area contributed by atoms with Crippen molar-refractivity contribution >= 4 is 39.9 Å². The van der Waals surface area contributed by atoms with Gasteiger partial charge in [0.05, 0.1) is 6.61 Å². The van der Waals surface area contributed by atoms with E-state index in [-0.39, 0.29) is 0 Å². The van der Waals surface area contributed by atoms with Crippen molar-refractivity contribution in [1.29, 1.82) is 0 Å². The lowest BCUT2D eigenvalue weighted by Gasteiger charge is -2.35. The molecule has 0 radical (unpaired) electrons. The molecule has 3 aromatic rings. The number of ether oxygens (including phenoxy) is 1. The van der Waals surface area contributed by atoms with Crippen LogP contribution in [0.4, 0.5) is 0 Å². The van der Waals surface area contributed by atoms with Gasteiger partial charge in [-0.05, 0) is 18.6 Å². The van der Waals surface area contributed by atoms with E-state index in [1.165, 1.54) is 11.3 Å². The van der Waals surface area contributed by atoms with Crippen LogP contribution in [-0.2, 0) is 18.0 Å². The normalized spacial score (nSPS) is 19.7. The molecule has 3 aliphatic rings. The molecule has 36 heavy (non-hydrogen) atoms. The van der Waals surface area contributed by atoms with Gasteiger partial charge >= 0.3 is 11.9 Å². The van der Waals surface area contributed by atoms with E-state index in [2.05, 4.69) is 29.4 Å². The Morgan fingerprint density at radius 3 is 2.61 bits per heavy atom. The number of carbonyl (C=O) groups is 2. The smallest absolute Gasteiger partial charge is 0.443 e. The van der Waals surface area contributed by atoms with Crippen LogP contribution < -0.4 is 4.74 Å². The molecule has 1 aromatic carbocycles. The summed E-state index contributed by atoms with van der Waals surface area (Å²) in [5.41, 5.74) is 1.46. The monoisotopic (exact) mass is 530 g/mol. The fraction of sp³-hybridized carbons (Fsp3) is 0.364. The van der Waals surface area contributed by atoms with Gasteiger partial charge in [-0.3, -0.25) is 4.90 Å². The summed E-state index contributed by atoms with van der Waals surface area (Å²) in [6.45, 7) is 6.39. The summed E-state index contributed by atoms with van der Waals surface area (Å²) < 4.78 is 26.5. The Bertz CT molecular complexity index is 1330. The predicted molar refractivity (Wildman–Crippen MR) is 129 cm³/mol. The van der Waals surface area contributed by atoms with Crippen LogP contribution in [0.15, 0.2) is 43.4 Å². The Labute approximate surface area is 211 Å². The zero-order chi connectivity index (χ0) is 24.7. The second-order valence-electron chi connectivity index (χ2n) is 8.28. The highest BCUT2D eigenvalue weighted by molar-refractivity contribution is 8.26. The predicted octanol–water partition coefficient (Wildman–Crippen LogP) is 2.36. The number of nitrogens with zero attached hydrogens (tertiary/aromatic N) is 6. The van der Waals surface area contributed by atoms with Crippen molar-refractivity contribution in [2.24, 2.45) is 4.40 Å². The van der Waals surface area contributed by atoms with Crippen LogP contribution in [0.1, 0.15) is 17.9 Å².